The average Bonchev–Trinajstić information content (AvgIpc) is 2.15. The molecule has 1 N–H and O–H groups in total. The molecule has 1 aromatic heterocycles. The minimum atomic E-state index is 0.680. The predicted octanol–water partition coefficient (Wildman–Crippen LogP) is 3.38. The molecule has 0 atom stereocenters. The highest BCUT2D eigenvalue weighted by atomic mass is 15.0. The minimum Gasteiger partial charge on any atom is -0.367 e. The first-order valence-electron chi connectivity index (χ1n) is 5.54. The second kappa shape index (κ2) is 5.63. The Hall–Kier alpha value is -1.05. The summed E-state index contributed by atoms with van der Waals surface area (Å²) in [5.74, 6) is 1.03. The molecule has 1 saturated carbocycles. The molecule has 2 heteroatoms. The van der Waals surface area contributed by atoms with Crippen molar-refractivity contribution < 1.29 is 0 Å². The van der Waals surface area contributed by atoms with E-state index >= 15 is 0 Å². The zero-order chi connectivity index (χ0) is 10.4. The van der Waals surface area contributed by atoms with Gasteiger partial charge in [-0.1, -0.05) is 13.8 Å². The van der Waals surface area contributed by atoms with Crippen LogP contribution >= 0.6 is 0 Å². The number of nitrogens with one attached hydrogen (secondary N) is 1. The highest BCUT2D eigenvalue weighted by molar-refractivity contribution is 5.38. The number of rotatable bonds is 2. The van der Waals surface area contributed by atoms with Crippen LogP contribution in [0.2, 0.25) is 0 Å². The zero-order valence-corrected chi connectivity index (χ0v) is 9.38. The van der Waals surface area contributed by atoms with Gasteiger partial charge in [-0.25, -0.2) is 4.98 Å². The van der Waals surface area contributed by atoms with Crippen LogP contribution < -0.4 is 5.32 Å². The molecule has 1 fully saturated rings. The average molecular weight is 192 g/mol. The highest BCUT2D eigenvalue weighted by Crippen LogP contribution is 2.22. The fraction of sp³-hybridized carbons (Fsp3) is 0.583. The first-order valence-corrected chi connectivity index (χ1v) is 5.54. The molecule has 2 nitrogen and oxygen atoms in total. The van der Waals surface area contributed by atoms with Crippen LogP contribution in [0.5, 0.6) is 0 Å². The van der Waals surface area contributed by atoms with Crippen LogP contribution in [-0.2, 0) is 0 Å². The van der Waals surface area contributed by atoms with Crippen molar-refractivity contribution in [2.24, 2.45) is 0 Å². The van der Waals surface area contributed by atoms with Crippen molar-refractivity contribution in [3.05, 3.63) is 23.9 Å². The number of hydrogen-bond donors (Lipinski definition) is 1. The van der Waals surface area contributed by atoms with Gasteiger partial charge in [-0.05, 0) is 43.9 Å². The summed E-state index contributed by atoms with van der Waals surface area (Å²) in [7, 11) is 0. The Morgan fingerprint density at radius 2 is 2.07 bits per heavy atom. The molecular formula is C12H20N2. The quantitative estimate of drug-likeness (QED) is 0.777. The second-order valence-electron chi connectivity index (χ2n) is 3.49. The molecule has 0 saturated heterocycles. The lowest BCUT2D eigenvalue weighted by Crippen LogP contribution is -2.27. The summed E-state index contributed by atoms with van der Waals surface area (Å²) in [5, 5.41) is 3.41. The third-order valence-corrected chi connectivity index (χ3v) is 2.37. The molecule has 0 aromatic carbocycles. The first kappa shape index (κ1) is 11.0. The lowest BCUT2D eigenvalue weighted by Gasteiger charge is -2.26. The second-order valence-corrected chi connectivity index (χ2v) is 3.49. The summed E-state index contributed by atoms with van der Waals surface area (Å²) in [4.78, 5) is 4.25. The third kappa shape index (κ3) is 3.02. The molecule has 1 aliphatic carbocycles. The lowest BCUT2D eigenvalue weighted by molar-refractivity contribution is 0.444. The van der Waals surface area contributed by atoms with E-state index in [9.17, 15) is 0 Å². The van der Waals surface area contributed by atoms with Crippen LogP contribution in [0.25, 0.3) is 0 Å². The molecule has 0 aliphatic heterocycles. The maximum Gasteiger partial charge on any atom is 0.126 e. The standard InChI is InChI=1S/C10H14N2.C2H6/c1-8-5-6-11-10(7-8)12-9-3-2-4-9;1-2/h5-7,9H,2-4H2,1H3,(H,11,12);1-2H3. The van der Waals surface area contributed by atoms with E-state index in [4.69, 9.17) is 0 Å². The van der Waals surface area contributed by atoms with Crippen molar-refractivity contribution in [3.63, 3.8) is 0 Å². The van der Waals surface area contributed by atoms with E-state index < -0.39 is 0 Å². The molecule has 1 heterocycles. The van der Waals surface area contributed by atoms with Crippen molar-refractivity contribution in [2.75, 3.05) is 5.32 Å². The van der Waals surface area contributed by atoms with Crippen LogP contribution in [0.4, 0.5) is 5.82 Å². The molecule has 0 bridgehead atoms. The van der Waals surface area contributed by atoms with Crippen molar-refractivity contribution in [2.45, 2.75) is 46.1 Å². The van der Waals surface area contributed by atoms with E-state index in [0.717, 1.165) is 5.82 Å². The number of nitrogens with zero attached hydrogens (tertiary/aromatic N) is 1. The topological polar surface area (TPSA) is 24.9 Å². The van der Waals surface area contributed by atoms with Crippen molar-refractivity contribution in [1.29, 1.82) is 0 Å². The van der Waals surface area contributed by atoms with Gasteiger partial charge in [0.25, 0.3) is 0 Å². The van der Waals surface area contributed by atoms with Crippen LogP contribution in [0.3, 0.4) is 0 Å². The maximum atomic E-state index is 4.25. The molecule has 0 spiro atoms. The van der Waals surface area contributed by atoms with Gasteiger partial charge in [-0.15, -0.1) is 0 Å². The number of pyridine rings is 1. The van der Waals surface area contributed by atoms with E-state index in [1.165, 1.54) is 24.8 Å². The summed E-state index contributed by atoms with van der Waals surface area (Å²) >= 11 is 0. The maximum absolute atomic E-state index is 4.25. The smallest absolute Gasteiger partial charge is 0.126 e. The molecule has 1 aromatic rings. The number of anilines is 1. The zero-order valence-electron chi connectivity index (χ0n) is 9.38. The normalized spacial score (nSPS) is 15.1. The van der Waals surface area contributed by atoms with Crippen LogP contribution in [-0.4, -0.2) is 11.0 Å². The molecule has 78 valence electrons. The van der Waals surface area contributed by atoms with Gasteiger partial charge in [-0.3, -0.25) is 0 Å². The third-order valence-electron chi connectivity index (χ3n) is 2.37. The Morgan fingerprint density at radius 3 is 2.57 bits per heavy atom. The summed E-state index contributed by atoms with van der Waals surface area (Å²) in [6.07, 6.45) is 5.82. The largest absolute Gasteiger partial charge is 0.367 e. The Kier molecular flexibility index (Phi) is 4.44. The lowest BCUT2D eigenvalue weighted by atomic mass is 9.93. The summed E-state index contributed by atoms with van der Waals surface area (Å²) < 4.78 is 0. The Morgan fingerprint density at radius 1 is 1.36 bits per heavy atom. The number of aryl methyl sites for hydroxylation is 1. The summed E-state index contributed by atoms with van der Waals surface area (Å²) in [5.41, 5.74) is 1.27. The Balaban J connectivity index is 0.000000461. The highest BCUT2D eigenvalue weighted by Gasteiger charge is 2.16. The van der Waals surface area contributed by atoms with E-state index in [2.05, 4.69) is 23.3 Å². The van der Waals surface area contributed by atoms with E-state index in [1.54, 1.807) is 0 Å². The van der Waals surface area contributed by atoms with Gasteiger partial charge in [0.1, 0.15) is 5.82 Å². The molecular weight excluding hydrogens is 172 g/mol. The fourth-order valence-electron chi connectivity index (χ4n) is 1.38. The van der Waals surface area contributed by atoms with Gasteiger partial charge in [0.2, 0.25) is 0 Å². The van der Waals surface area contributed by atoms with Gasteiger partial charge in [0.15, 0.2) is 0 Å². The number of aromatic nitrogens is 1. The van der Waals surface area contributed by atoms with Gasteiger partial charge < -0.3 is 5.32 Å². The van der Waals surface area contributed by atoms with Crippen molar-refractivity contribution >= 4 is 5.82 Å². The molecule has 14 heavy (non-hydrogen) atoms. The monoisotopic (exact) mass is 192 g/mol. The SMILES string of the molecule is CC.Cc1ccnc(NC2CCC2)c1. The van der Waals surface area contributed by atoms with Crippen LogP contribution in [0.15, 0.2) is 18.3 Å². The minimum absolute atomic E-state index is 0.680. The Bertz CT molecular complexity index is 267. The van der Waals surface area contributed by atoms with Crippen LogP contribution in [0, 0.1) is 6.92 Å². The summed E-state index contributed by atoms with van der Waals surface area (Å²) in [6.45, 7) is 6.09. The van der Waals surface area contributed by atoms with Crippen molar-refractivity contribution in [1.82, 2.24) is 4.98 Å². The van der Waals surface area contributed by atoms with E-state index in [1.807, 2.05) is 26.1 Å². The van der Waals surface area contributed by atoms with E-state index in [-0.39, 0.29) is 0 Å². The molecule has 0 amide bonds. The summed E-state index contributed by atoms with van der Waals surface area (Å²) in [6, 6.07) is 4.80. The Labute approximate surface area is 86.8 Å². The number of hydrogen-bond acceptors (Lipinski definition) is 2. The van der Waals surface area contributed by atoms with E-state index in [0.29, 0.717) is 6.04 Å². The molecule has 0 unspecified atom stereocenters. The molecule has 0 radical (unpaired) electrons. The van der Waals surface area contributed by atoms with Crippen LogP contribution in [0.1, 0.15) is 38.7 Å². The van der Waals surface area contributed by atoms with Crippen molar-refractivity contribution in [3.8, 4) is 0 Å². The molecule has 1 aliphatic rings. The fourth-order valence-corrected chi connectivity index (χ4v) is 1.38. The molecule has 2 rings (SSSR count). The van der Waals surface area contributed by atoms with Gasteiger partial charge in [0, 0.05) is 12.2 Å². The van der Waals surface area contributed by atoms with Gasteiger partial charge in [0.05, 0.1) is 0 Å². The predicted molar refractivity (Wildman–Crippen MR) is 61.6 cm³/mol. The van der Waals surface area contributed by atoms with Gasteiger partial charge in [-0.2, -0.15) is 0 Å². The van der Waals surface area contributed by atoms with Gasteiger partial charge >= 0.3 is 0 Å². The first-order chi connectivity index (χ1) is 6.84.